The number of aryl methyl sites for hydroxylation is 2. The zero-order chi connectivity index (χ0) is 39.9. The van der Waals surface area contributed by atoms with Crippen molar-refractivity contribution < 1.29 is 43.0 Å². The number of esters is 2. The minimum absolute atomic E-state index is 0.0592. The molecule has 1 atom stereocenters. The van der Waals surface area contributed by atoms with Crippen molar-refractivity contribution in [2.45, 2.75) is 58.5 Å². The van der Waals surface area contributed by atoms with Crippen LogP contribution in [0.4, 0.5) is 16.2 Å². The lowest BCUT2D eigenvalue weighted by Gasteiger charge is -2.37. The summed E-state index contributed by atoms with van der Waals surface area (Å²) in [6.07, 6.45) is 2.85. The average Bonchev–Trinajstić information content (AvgIpc) is 3.60. The Morgan fingerprint density at radius 3 is 2.12 bits per heavy atom. The first-order valence-electron chi connectivity index (χ1n) is 18.1. The Labute approximate surface area is 323 Å². The van der Waals surface area contributed by atoms with E-state index in [1.165, 1.54) is 19.1 Å². The summed E-state index contributed by atoms with van der Waals surface area (Å²) >= 11 is 0. The van der Waals surface area contributed by atoms with E-state index in [1.807, 2.05) is 45.9 Å². The van der Waals surface area contributed by atoms with Gasteiger partial charge in [-0.2, -0.15) is 0 Å². The Hall–Kier alpha value is -6.76. The van der Waals surface area contributed by atoms with Gasteiger partial charge in [0.05, 0.1) is 5.56 Å². The molecule has 1 spiro atoms. The van der Waals surface area contributed by atoms with Gasteiger partial charge in [0, 0.05) is 89.8 Å². The number of urea groups is 1. The third-order valence-electron chi connectivity index (χ3n) is 9.98. The Morgan fingerprint density at radius 2 is 1.46 bits per heavy atom. The highest BCUT2D eigenvalue weighted by molar-refractivity contribution is 6.12. The van der Waals surface area contributed by atoms with Crippen molar-refractivity contribution in [2.75, 3.05) is 23.7 Å². The molecule has 3 aliphatic rings. The Morgan fingerprint density at radius 1 is 0.821 bits per heavy atom. The summed E-state index contributed by atoms with van der Waals surface area (Å²) < 4.78 is 18.3. The Kier molecular flexibility index (Phi) is 9.71. The fraction of sp³-hybridized carbons (Fsp3) is 0.256. The van der Waals surface area contributed by atoms with Crippen molar-refractivity contribution in [3.63, 3.8) is 0 Å². The molecule has 13 heteroatoms. The molecule has 0 saturated heterocycles. The zero-order valence-electron chi connectivity index (χ0n) is 31.5. The third kappa shape index (κ3) is 6.99. The molecule has 0 aromatic heterocycles. The van der Waals surface area contributed by atoms with Crippen LogP contribution in [0.25, 0.3) is 0 Å². The van der Waals surface area contributed by atoms with Crippen LogP contribution >= 0.6 is 0 Å². The molecule has 0 saturated carbocycles. The van der Waals surface area contributed by atoms with Gasteiger partial charge in [-0.1, -0.05) is 38.1 Å². The topological polar surface area (TPSA) is 169 Å². The van der Waals surface area contributed by atoms with Crippen molar-refractivity contribution in [1.82, 2.24) is 10.2 Å². The fourth-order valence-corrected chi connectivity index (χ4v) is 7.82. The maximum atomic E-state index is 13.7. The lowest BCUT2D eigenvalue weighted by molar-refractivity contribution is -0.137. The second-order valence-corrected chi connectivity index (χ2v) is 14.7. The predicted octanol–water partition coefficient (Wildman–Crippen LogP) is 6.54. The molecule has 3 aliphatic heterocycles. The van der Waals surface area contributed by atoms with E-state index in [-0.39, 0.29) is 37.2 Å². The van der Waals surface area contributed by atoms with Gasteiger partial charge < -0.3 is 30.2 Å². The van der Waals surface area contributed by atoms with Crippen LogP contribution in [0.2, 0.25) is 0 Å². The summed E-state index contributed by atoms with van der Waals surface area (Å²) in [6, 6.07) is 20.6. The molecule has 0 bridgehead atoms. The molecular formula is C43H40N4O9. The molecule has 286 valence electrons. The number of carbonyl (C=O) groups excluding carboxylic acids is 6. The van der Waals surface area contributed by atoms with Gasteiger partial charge in [-0.05, 0) is 67.8 Å². The number of ether oxygens (including phenoxy) is 3. The van der Waals surface area contributed by atoms with Crippen molar-refractivity contribution in [3.8, 4) is 17.2 Å². The SMILES string of the molecule is CC(=O)Oc1cc(C)cc(C)c1C(C)(C)CC(=O)Nc1ccc2c(c1)Oc1cc(NC(=O)NCCCN3C(=O)C=CC3=O)ccc1[C@]21OC(=O)c2ccccc21. The number of carbonyl (C=O) groups is 6. The molecular weight excluding hydrogens is 716 g/mol. The molecule has 0 aliphatic carbocycles. The minimum atomic E-state index is -1.38. The highest BCUT2D eigenvalue weighted by Crippen LogP contribution is 2.56. The number of fused-ring (bicyclic) bond motifs is 6. The van der Waals surface area contributed by atoms with Gasteiger partial charge in [0.2, 0.25) is 5.91 Å². The van der Waals surface area contributed by atoms with Gasteiger partial charge in [0.15, 0.2) is 5.60 Å². The fourth-order valence-electron chi connectivity index (χ4n) is 7.82. The number of imide groups is 1. The molecule has 3 N–H and O–H groups in total. The van der Waals surface area contributed by atoms with E-state index in [9.17, 15) is 28.8 Å². The smallest absolute Gasteiger partial charge is 0.340 e. The summed E-state index contributed by atoms with van der Waals surface area (Å²) in [5.41, 5.74) is 3.42. The summed E-state index contributed by atoms with van der Waals surface area (Å²) in [4.78, 5) is 76.5. The van der Waals surface area contributed by atoms with Crippen LogP contribution in [0.1, 0.15) is 77.4 Å². The lowest BCUT2D eigenvalue weighted by atomic mass is 9.77. The lowest BCUT2D eigenvalue weighted by Crippen LogP contribution is -2.35. The van der Waals surface area contributed by atoms with Gasteiger partial charge in [0.25, 0.3) is 11.8 Å². The van der Waals surface area contributed by atoms with Gasteiger partial charge in [0.1, 0.15) is 17.2 Å². The van der Waals surface area contributed by atoms with Crippen LogP contribution in [-0.4, -0.2) is 53.7 Å². The Balaban J connectivity index is 1.13. The largest absolute Gasteiger partial charge is 0.456 e. The number of nitrogens with zero attached hydrogens (tertiary/aromatic N) is 1. The predicted molar refractivity (Wildman–Crippen MR) is 206 cm³/mol. The van der Waals surface area contributed by atoms with Crippen molar-refractivity contribution in [3.05, 3.63) is 124 Å². The standard InChI is InChI=1S/C43H40N4O9/c1-24-19-25(2)39(35(20-24)54-26(3)48)42(4,5)23-36(49)45-27-11-13-31-33(21-27)55-34-22-28(46-41(53)44-17-8-18-47-37(50)15-16-38(47)51)12-14-32(34)43(31)30-10-7-6-9-29(30)40(52)56-43/h6-7,9-16,19-22H,8,17-18,23H2,1-5H3,(H,45,49)(H2,44,46,53)/t43-/m1/s1. The minimum Gasteiger partial charge on any atom is -0.456 e. The monoisotopic (exact) mass is 756 g/mol. The molecule has 7 rings (SSSR count). The van der Waals surface area contributed by atoms with Crippen molar-refractivity contribution in [2.24, 2.45) is 0 Å². The van der Waals surface area contributed by atoms with E-state index < -0.39 is 29.0 Å². The molecule has 0 radical (unpaired) electrons. The van der Waals surface area contributed by atoms with Gasteiger partial charge in [-0.25, -0.2) is 9.59 Å². The molecule has 0 unspecified atom stereocenters. The summed E-state index contributed by atoms with van der Waals surface area (Å²) in [7, 11) is 0. The number of anilines is 2. The van der Waals surface area contributed by atoms with Crippen molar-refractivity contribution >= 4 is 47.1 Å². The quantitative estimate of drug-likeness (QED) is 0.0704. The average molecular weight is 757 g/mol. The van der Waals surface area contributed by atoms with E-state index in [4.69, 9.17) is 14.2 Å². The molecule has 0 fully saturated rings. The first kappa shape index (κ1) is 37.6. The summed E-state index contributed by atoms with van der Waals surface area (Å²) in [5, 5.41) is 8.49. The van der Waals surface area contributed by atoms with Crippen LogP contribution in [0, 0.1) is 13.8 Å². The molecule has 4 aromatic rings. The van der Waals surface area contributed by atoms with Gasteiger partial charge >= 0.3 is 18.0 Å². The number of hydrogen-bond acceptors (Lipinski definition) is 9. The van der Waals surface area contributed by atoms with Crippen molar-refractivity contribution in [1.29, 1.82) is 0 Å². The van der Waals surface area contributed by atoms with Crippen LogP contribution < -0.4 is 25.4 Å². The van der Waals surface area contributed by atoms with Crippen LogP contribution in [-0.2, 0) is 34.9 Å². The van der Waals surface area contributed by atoms with E-state index in [0.29, 0.717) is 57.3 Å². The number of rotatable bonds is 10. The van der Waals surface area contributed by atoms with Gasteiger partial charge in [-0.3, -0.25) is 24.1 Å². The molecule has 3 heterocycles. The molecule has 13 nitrogen and oxygen atoms in total. The number of hydrogen-bond donors (Lipinski definition) is 3. The molecule has 5 amide bonds. The van der Waals surface area contributed by atoms with E-state index in [2.05, 4.69) is 16.0 Å². The van der Waals surface area contributed by atoms with Crippen LogP contribution in [0.15, 0.2) is 84.9 Å². The highest BCUT2D eigenvalue weighted by atomic mass is 16.6. The number of amides is 5. The molecule has 4 aromatic carbocycles. The van der Waals surface area contributed by atoms with Gasteiger partial charge in [-0.15, -0.1) is 0 Å². The van der Waals surface area contributed by atoms with Crippen LogP contribution in [0.5, 0.6) is 17.2 Å². The maximum Gasteiger partial charge on any atom is 0.340 e. The first-order chi connectivity index (χ1) is 26.7. The number of nitrogens with one attached hydrogen (secondary N) is 3. The second-order valence-electron chi connectivity index (χ2n) is 14.7. The third-order valence-corrected chi connectivity index (χ3v) is 9.98. The summed E-state index contributed by atoms with van der Waals surface area (Å²) in [5.74, 6) is -0.955. The number of benzene rings is 4. The maximum absolute atomic E-state index is 13.7. The summed E-state index contributed by atoms with van der Waals surface area (Å²) in [6.45, 7) is 9.39. The van der Waals surface area contributed by atoms with Crippen LogP contribution in [0.3, 0.4) is 0 Å². The second kappa shape index (κ2) is 14.5. The van der Waals surface area contributed by atoms with E-state index in [0.717, 1.165) is 21.6 Å². The first-order valence-corrected chi connectivity index (χ1v) is 18.1. The highest BCUT2D eigenvalue weighted by Gasteiger charge is 2.53. The van der Waals surface area contributed by atoms with E-state index >= 15 is 0 Å². The zero-order valence-corrected chi connectivity index (χ0v) is 31.5. The van der Waals surface area contributed by atoms with E-state index in [1.54, 1.807) is 54.6 Å². The normalized spacial score (nSPS) is 16.4. The Bertz CT molecular complexity index is 2360. The molecule has 56 heavy (non-hydrogen) atoms.